The fourth-order valence-electron chi connectivity index (χ4n) is 5.06. The van der Waals surface area contributed by atoms with E-state index in [4.69, 9.17) is 0 Å². The summed E-state index contributed by atoms with van der Waals surface area (Å²) in [5.74, 6) is 2.18. The molecule has 0 saturated heterocycles. The zero-order valence-corrected chi connectivity index (χ0v) is 17.2. The minimum atomic E-state index is -2.09. The minimum Gasteiger partial charge on any atom is -0.628 e. The molecule has 142 valence electrons. The van der Waals surface area contributed by atoms with Crippen molar-refractivity contribution in [1.82, 2.24) is 0 Å². The number of hydrogen-bond donors (Lipinski definition) is 1. The second-order valence-electron chi connectivity index (χ2n) is 8.13. The van der Waals surface area contributed by atoms with Crippen LogP contribution < -0.4 is 5.06 Å². The number of benzene rings is 1. The van der Waals surface area contributed by atoms with Crippen molar-refractivity contribution in [2.75, 3.05) is 4.43 Å². The molecule has 5 nitrogen and oxygen atoms in total. The maximum atomic E-state index is 12.3. The summed E-state index contributed by atoms with van der Waals surface area (Å²) in [6.45, 7) is 0. The third-order valence-corrected chi connectivity index (χ3v) is 9.63. The van der Waals surface area contributed by atoms with Gasteiger partial charge in [0.1, 0.15) is 10.1 Å². The molecule has 0 bridgehead atoms. The van der Waals surface area contributed by atoms with Crippen LogP contribution in [0.15, 0.2) is 29.4 Å². The highest BCUT2D eigenvalue weighted by atomic mass is 127. The molecule has 1 aliphatic heterocycles. The van der Waals surface area contributed by atoms with Gasteiger partial charge in [-0.2, -0.15) is 0 Å². The minimum absolute atomic E-state index is 0.179. The number of nitrogens with one attached hydrogen (secondary N) is 1. The van der Waals surface area contributed by atoms with Gasteiger partial charge in [0.15, 0.2) is 23.0 Å². The van der Waals surface area contributed by atoms with Gasteiger partial charge in [-0.25, -0.2) is 0 Å². The number of quaternary nitrogens is 1. The maximum absolute atomic E-state index is 12.3. The Bertz CT molecular complexity index is 726. The predicted octanol–water partition coefficient (Wildman–Crippen LogP) is 4.30. The van der Waals surface area contributed by atoms with Crippen molar-refractivity contribution in [3.8, 4) is 0 Å². The number of halogens is 1. The Morgan fingerprint density at radius 2 is 1.46 bits per heavy atom. The molecule has 1 aromatic rings. The average molecular weight is 470 g/mol. The van der Waals surface area contributed by atoms with Crippen molar-refractivity contribution in [1.29, 1.82) is 0 Å². The topological polar surface area (TPSA) is 74.0 Å². The van der Waals surface area contributed by atoms with Crippen LogP contribution >= 0.6 is 19.3 Å². The van der Waals surface area contributed by atoms with E-state index in [0.717, 1.165) is 28.3 Å². The van der Waals surface area contributed by atoms with Gasteiger partial charge in [-0.05, 0) is 79.2 Å². The average Bonchev–Trinajstić information content (AvgIpc) is 3.44. The smallest absolute Gasteiger partial charge is 0.179 e. The Morgan fingerprint density at radius 3 is 1.96 bits per heavy atom. The van der Waals surface area contributed by atoms with Gasteiger partial charge in [-0.3, -0.25) is 3.07 Å². The van der Waals surface area contributed by atoms with E-state index >= 15 is 0 Å². The van der Waals surface area contributed by atoms with Crippen molar-refractivity contribution in [3.63, 3.8) is 0 Å². The number of nitroso groups, excluding NO2 is 1. The van der Waals surface area contributed by atoms with Crippen molar-refractivity contribution in [2.24, 2.45) is 17.0 Å². The Balaban J connectivity index is 1.26. The summed E-state index contributed by atoms with van der Waals surface area (Å²) in [6.07, 6.45) is 9.36. The molecule has 6 heteroatoms. The first kappa shape index (κ1) is 18.5. The van der Waals surface area contributed by atoms with Gasteiger partial charge in [0.05, 0.1) is 6.04 Å². The summed E-state index contributed by atoms with van der Waals surface area (Å²) in [5, 5.41) is 15.5. The van der Waals surface area contributed by atoms with Crippen LogP contribution in [0.4, 0.5) is 5.69 Å². The number of hydrogen-bond acceptors (Lipinski definition) is 4. The Hall–Kier alpha value is -0.860. The lowest BCUT2D eigenvalue weighted by Gasteiger charge is -2.39. The summed E-state index contributed by atoms with van der Waals surface area (Å²) in [4.78, 5) is 10.5. The van der Waals surface area contributed by atoms with Gasteiger partial charge < -0.3 is 10.3 Å². The highest BCUT2D eigenvalue weighted by Crippen LogP contribution is 2.43. The van der Waals surface area contributed by atoms with Crippen molar-refractivity contribution >= 4 is 28.7 Å². The third kappa shape index (κ3) is 4.02. The largest absolute Gasteiger partial charge is 0.628 e. The molecule has 1 unspecified atom stereocenters. The van der Waals surface area contributed by atoms with Gasteiger partial charge in [-0.1, -0.05) is 12.1 Å². The summed E-state index contributed by atoms with van der Waals surface area (Å²) in [7, 11) is 0. The van der Waals surface area contributed by atoms with Crippen LogP contribution in [0.5, 0.6) is 0 Å². The summed E-state index contributed by atoms with van der Waals surface area (Å²) >= 11 is -2.09. The second kappa shape index (κ2) is 8.02. The molecule has 2 saturated carbocycles. The number of hydroxylamine groups is 2. The number of nitrogens with zero attached hydrogens (tertiary/aromatic N) is 1. The summed E-state index contributed by atoms with van der Waals surface area (Å²) in [6, 6.07) is 7.93. The van der Waals surface area contributed by atoms with Crippen LogP contribution in [-0.4, -0.2) is 14.1 Å². The quantitative estimate of drug-likeness (QED) is 0.302. The third-order valence-electron chi connectivity index (χ3n) is 6.73. The first-order chi connectivity index (χ1) is 12.7. The first-order valence-electron chi connectivity index (χ1n) is 9.82. The number of rotatable bonds is 5. The van der Waals surface area contributed by atoms with Gasteiger partial charge in [0.2, 0.25) is 0 Å². The molecule has 0 radical (unpaired) electrons. The molecule has 0 amide bonds. The molecule has 2 fully saturated rings. The molecule has 3 aliphatic rings. The van der Waals surface area contributed by atoms with E-state index in [0.29, 0.717) is 16.0 Å². The van der Waals surface area contributed by atoms with Crippen LogP contribution in [0, 0.1) is 22.0 Å². The highest BCUT2D eigenvalue weighted by Gasteiger charge is 2.36. The zero-order chi connectivity index (χ0) is 18.1. The molecule has 1 N–H and O–H groups in total. The van der Waals surface area contributed by atoms with E-state index in [1.165, 1.54) is 44.1 Å². The van der Waals surface area contributed by atoms with Gasteiger partial charge >= 0.3 is 0 Å². The SMILES string of the molecule is O=Nc1ccc(C2CCC(C3CCC([NH+]([O-])C4=I(=O)C4)CC3)CC2)cc1. The molecule has 0 aromatic heterocycles. The lowest BCUT2D eigenvalue weighted by molar-refractivity contribution is -0.778. The first-order valence-corrected chi connectivity index (χ1v) is 13.3. The molecule has 1 heterocycles. The standard InChI is InChI=1S/C20H27IN2O3/c24-21-13-20(21)23(26)19-11-7-17(8-12-19)15-3-1-14(2-4-15)16-5-9-18(22-25)10-6-16/h5-6,9-10,14-15,17,19,23H,1-4,7-8,11-13H2. The van der Waals surface area contributed by atoms with Crippen LogP contribution in [0.1, 0.15) is 62.8 Å². The molecular weight excluding hydrogens is 443 g/mol. The van der Waals surface area contributed by atoms with Crippen LogP contribution in [0.2, 0.25) is 0 Å². The van der Waals surface area contributed by atoms with E-state index in [9.17, 15) is 13.2 Å². The molecule has 0 spiro atoms. The van der Waals surface area contributed by atoms with Crippen LogP contribution in [0.3, 0.4) is 0 Å². The molecular formula is C20H27IN2O3. The summed E-state index contributed by atoms with van der Waals surface area (Å²) < 4.78 is 12.9. The van der Waals surface area contributed by atoms with Gasteiger partial charge in [0, 0.05) is 12.8 Å². The molecule has 4 rings (SSSR count). The Morgan fingerprint density at radius 1 is 0.923 bits per heavy atom. The Labute approximate surface area is 161 Å². The van der Waals surface area contributed by atoms with Gasteiger partial charge in [-0.15, -0.1) is 4.91 Å². The van der Waals surface area contributed by atoms with Gasteiger partial charge in [0.25, 0.3) is 0 Å². The molecule has 1 aromatic carbocycles. The van der Waals surface area contributed by atoms with E-state index in [1.54, 1.807) is 0 Å². The van der Waals surface area contributed by atoms with E-state index in [1.807, 2.05) is 12.1 Å². The molecule has 26 heavy (non-hydrogen) atoms. The lowest BCUT2D eigenvalue weighted by Crippen LogP contribution is -3.12. The normalized spacial score (nSPS) is 33.7. The zero-order valence-electron chi connectivity index (χ0n) is 15.0. The predicted molar refractivity (Wildman–Crippen MR) is 111 cm³/mol. The van der Waals surface area contributed by atoms with Crippen LogP contribution in [0.25, 0.3) is 0 Å². The second-order valence-corrected chi connectivity index (χ2v) is 12.0. The monoisotopic (exact) mass is 470 g/mol. The van der Waals surface area contributed by atoms with E-state index < -0.39 is 19.3 Å². The Kier molecular flexibility index (Phi) is 5.71. The molecule has 2 aliphatic carbocycles. The fourth-order valence-corrected chi connectivity index (χ4v) is 7.72. The lowest BCUT2D eigenvalue weighted by atomic mass is 9.69. The van der Waals surface area contributed by atoms with Crippen molar-refractivity contribution in [2.45, 2.75) is 63.3 Å². The van der Waals surface area contributed by atoms with E-state index in [-0.39, 0.29) is 11.1 Å². The van der Waals surface area contributed by atoms with Crippen molar-refractivity contribution in [3.05, 3.63) is 39.9 Å². The highest BCUT2D eigenvalue weighted by molar-refractivity contribution is 14.2. The van der Waals surface area contributed by atoms with E-state index in [2.05, 4.69) is 17.3 Å². The molecule has 1 atom stereocenters. The van der Waals surface area contributed by atoms with Crippen LogP contribution in [-0.2, 0) is 3.07 Å². The fraction of sp³-hybridized carbons (Fsp3) is 0.650. The van der Waals surface area contributed by atoms with Crippen molar-refractivity contribution < 1.29 is 8.13 Å². The summed E-state index contributed by atoms with van der Waals surface area (Å²) in [5.41, 5.74) is 1.84. The maximum Gasteiger partial charge on any atom is 0.179 e. The number of alkyl halides is 1.